The molecule has 0 spiro atoms. The molecule has 0 unspecified atom stereocenters. The van der Waals surface area contributed by atoms with Crippen molar-refractivity contribution < 1.29 is 14.6 Å². The monoisotopic (exact) mass is 373 g/mol. The molecule has 1 aromatic heterocycles. The van der Waals surface area contributed by atoms with Crippen LogP contribution in [0.3, 0.4) is 0 Å². The second-order valence-corrected chi connectivity index (χ2v) is 6.92. The quantitative estimate of drug-likeness (QED) is 0.774. The minimum absolute atomic E-state index is 0.222. The van der Waals surface area contributed by atoms with Crippen molar-refractivity contribution in [2.24, 2.45) is 0 Å². The van der Waals surface area contributed by atoms with Gasteiger partial charge in [-0.3, -0.25) is 0 Å². The summed E-state index contributed by atoms with van der Waals surface area (Å²) in [7, 11) is 1.53. The largest absolute Gasteiger partial charge is 0.477 e. The van der Waals surface area contributed by atoms with Crippen molar-refractivity contribution in [3.05, 3.63) is 44.3 Å². The third kappa shape index (κ3) is 4.05. The molecule has 0 radical (unpaired) electrons. The average molecular weight is 374 g/mol. The van der Waals surface area contributed by atoms with E-state index in [0.717, 1.165) is 14.4 Å². The molecule has 0 amide bonds. The third-order valence-electron chi connectivity index (χ3n) is 2.38. The lowest BCUT2D eigenvalue weighted by Crippen LogP contribution is -1.99. The van der Waals surface area contributed by atoms with Gasteiger partial charge in [0.25, 0.3) is 0 Å². The molecular weight excluding hydrogens is 362 g/mol. The van der Waals surface area contributed by atoms with E-state index >= 15 is 0 Å². The summed E-state index contributed by atoms with van der Waals surface area (Å²) in [6.45, 7) is 0.222. The predicted molar refractivity (Wildman–Crippen MR) is 83.5 cm³/mol. The molecule has 4 nitrogen and oxygen atoms in total. The molecule has 2 rings (SSSR count). The van der Waals surface area contributed by atoms with Crippen LogP contribution in [0, 0.1) is 0 Å². The molecule has 0 saturated heterocycles. The van der Waals surface area contributed by atoms with Gasteiger partial charge in [0.15, 0.2) is 0 Å². The van der Waals surface area contributed by atoms with E-state index in [0.29, 0.717) is 11.4 Å². The highest BCUT2D eigenvalue weighted by atomic mass is 79.9. The first-order chi connectivity index (χ1) is 9.60. The fraction of sp³-hybridized carbons (Fsp3) is 0.231. The van der Waals surface area contributed by atoms with Gasteiger partial charge in [0.2, 0.25) is 0 Å². The third-order valence-corrected chi connectivity index (χ3v) is 5.14. The Morgan fingerprint density at radius 2 is 2.35 bits per heavy atom. The molecule has 0 aliphatic heterocycles. The molecule has 0 aliphatic carbocycles. The molecule has 1 N–H and O–H groups in total. The number of carboxylic acid groups (broad SMARTS) is 1. The number of thioether (sulfide) groups is 1. The number of nitrogens with zero attached hydrogens (tertiary/aromatic N) is 1. The summed E-state index contributed by atoms with van der Waals surface area (Å²) in [5, 5.41) is 9.92. The maximum absolute atomic E-state index is 11.1. The van der Waals surface area contributed by atoms with E-state index < -0.39 is 5.97 Å². The molecule has 20 heavy (non-hydrogen) atoms. The number of rotatable bonds is 6. The Morgan fingerprint density at radius 1 is 1.55 bits per heavy atom. The van der Waals surface area contributed by atoms with Gasteiger partial charge < -0.3 is 9.84 Å². The summed E-state index contributed by atoms with van der Waals surface area (Å²) in [5.74, 6) is -0.307. The van der Waals surface area contributed by atoms with E-state index in [4.69, 9.17) is 9.84 Å². The lowest BCUT2D eigenvalue weighted by atomic mass is 10.4. The number of ether oxygens (including phenoxy) is 1. The SMILES string of the molecule is COCc1nc(CSc2cccc(Br)c2)sc1C(=O)O. The van der Waals surface area contributed by atoms with Crippen LogP contribution in [0.1, 0.15) is 20.4 Å². The molecule has 2 aromatic rings. The second-order valence-electron chi connectivity index (χ2n) is 3.87. The van der Waals surface area contributed by atoms with E-state index in [1.165, 1.54) is 18.4 Å². The van der Waals surface area contributed by atoms with Crippen LogP contribution in [0.2, 0.25) is 0 Å². The average Bonchev–Trinajstić information content (AvgIpc) is 2.80. The minimum Gasteiger partial charge on any atom is -0.477 e. The van der Waals surface area contributed by atoms with Crippen LogP contribution in [0.4, 0.5) is 0 Å². The Balaban J connectivity index is 2.09. The van der Waals surface area contributed by atoms with Crippen molar-refractivity contribution in [2.45, 2.75) is 17.3 Å². The maximum Gasteiger partial charge on any atom is 0.347 e. The first-order valence-corrected chi connectivity index (χ1v) is 8.29. The molecule has 0 fully saturated rings. The van der Waals surface area contributed by atoms with Gasteiger partial charge in [-0.25, -0.2) is 9.78 Å². The molecule has 7 heteroatoms. The minimum atomic E-state index is -0.951. The zero-order valence-electron chi connectivity index (χ0n) is 10.6. The lowest BCUT2D eigenvalue weighted by Gasteiger charge is -1.99. The summed E-state index contributed by atoms with van der Waals surface area (Å²) >= 11 is 6.25. The van der Waals surface area contributed by atoms with E-state index in [1.54, 1.807) is 11.8 Å². The molecule has 0 bridgehead atoms. The van der Waals surface area contributed by atoms with Gasteiger partial charge in [-0.15, -0.1) is 23.1 Å². The van der Waals surface area contributed by atoms with Crippen LogP contribution in [0.5, 0.6) is 0 Å². The zero-order valence-corrected chi connectivity index (χ0v) is 13.8. The Hall–Kier alpha value is -0.890. The summed E-state index contributed by atoms with van der Waals surface area (Å²) in [6.07, 6.45) is 0. The fourth-order valence-electron chi connectivity index (χ4n) is 1.57. The van der Waals surface area contributed by atoms with E-state index in [1.807, 2.05) is 24.3 Å². The zero-order chi connectivity index (χ0) is 14.5. The Morgan fingerprint density at radius 3 is 3.00 bits per heavy atom. The number of carboxylic acids is 1. The summed E-state index contributed by atoms with van der Waals surface area (Å²) in [6, 6.07) is 7.96. The van der Waals surface area contributed by atoms with Crippen LogP contribution in [-0.4, -0.2) is 23.2 Å². The molecule has 1 heterocycles. The van der Waals surface area contributed by atoms with Crippen molar-refractivity contribution in [3.8, 4) is 0 Å². The van der Waals surface area contributed by atoms with Crippen LogP contribution in [0.15, 0.2) is 33.6 Å². The molecule has 106 valence electrons. The molecule has 0 saturated carbocycles. The summed E-state index contributed by atoms with van der Waals surface area (Å²) in [5.41, 5.74) is 0.495. The summed E-state index contributed by atoms with van der Waals surface area (Å²) < 4.78 is 6.00. The lowest BCUT2D eigenvalue weighted by molar-refractivity contribution is 0.0697. The van der Waals surface area contributed by atoms with Crippen LogP contribution < -0.4 is 0 Å². The van der Waals surface area contributed by atoms with E-state index in [-0.39, 0.29) is 11.5 Å². The van der Waals surface area contributed by atoms with Crippen LogP contribution in [-0.2, 0) is 17.1 Å². The number of thiazole rings is 1. The molecule has 0 atom stereocenters. The topological polar surface area (TPSA) is 59.4 Å². The summed E-state index contributed by atoms with van der Waals surface area (Å²) in [4.78, 5) is 16.8. The molecular formula is C13H12BrNO3S2. The van der Waals surface area contributed by atoms with Gasteiger partial charge in [-0.1, -0.05) is 22.0 Å². The van der Waals surface area contributed by atoms with E-state index in [9.17, 15) is 4.79 Å². The van der Waals surface area contributed by atoms with Gasteiger partial charge in [0.1, 0.15) is 9.88 Å². The molecule has 1 aromatic carbocycles. The van der Waals surface area contributed by atoms with Crippen molar-refractivity contribution in [1.29, 1.82) is 0 Å². The van der Waals surface area contributed by atoms with Gasteiger partial charge in [-0.2, -0.15) is 0 Å². The van der Waals surface area contributed by atoms with Crippen molar-refractivity contribution in [1.82, 2.24) is 4.98 Å². The number of hydrogen-bond donors (Lipinski definition) is 1. The normalized spacial score (nSPS) is 10.7. The second kappa shape index (κ2) is 7.21. The first kappa shape index (κ1) is 15.5. The van der Waals surface area contributed by atoms with Crippen LogP contribution in [0.25, 0.3) is 0 Å². The maximum atomic E-state index is 11.1. The van der Waals surface area contributed by atoms with Crippen molar-refractivity contribution >= 4 is 45.0 Å². The number of aromatic nitrogens is 1. The highest BCUT2D eigenvalue weighted by Gasteiger charge is 2.17. The van der Waals surface area contributed by atoms with Crippen molar-refractivity contribution in [2.75, 3.05) is 7.11 Å². The van der Waals surface area contributed by atoms with Gasteiger partial charge in [-0.05, 0) is 18.2 Å². The number of methoxy groups -OCH3 is 1. The number of carbonyl (C=O) groups is 1. The number of hydrogen-bond acceptors (Lipinski definition) is 5. The Kier molecular flexibility index (Phi) is 5.59. The molecule has 0 aliphatic rings. The number of aromatic carboxylic acids is 1. The standard InChI is InChI=1S/C13H12BrNO3S2/c1-18-6-10-12(13(16)17)20-11(15-10)7-19-9-4-2-3-8(14)5-9/h2-5H,6-7H2,1H3,(H,16,17). The Labute approximate surface area is 133 Å². The van der Waals surface area contributed by atoms with Crippen LogP contribution >= 0.6 is 39.0 Å². The highest BCUT2D eigenvalue weighted by Crippen LogP contribution is 2.28. The predicted octanol–water partition coefficient (Wildman–Crippen LogP) is 4.04. The van der Waals surface area contributed by atoms with E-state index in [2.05, 4.69) is 20.9 Å². The number of benzene rings is 1. The Bertz CT molecular complexity index is 615. The smallest absolute Gasteiger partial charge is 0.347 e. The van der Waals surface area contributed by atoms with Crippen molar-refractivity contribution in [3.63, 3.8) is 0 Å². The van der Waals surface area contributed by atoms with Gasteiger partial charge in [0.05, 0.1) is 18.1 Å². The number of halogens is 1. The van der Waals surface area contributed by atoms with Gasteiger partial charge in [0, 0.05) is 16.5 Å². The first-order valence-electron chi connectivity index (χ1n) is 5.69. The fourth-order valence-corrected chi connectivity index (χ4v) is 3.97. The van der Waals surface area contributed by atoms with Gasteiger partial charge >= 0.3 is 5.97 Å². The highest BCUT2D eigenvalue weighted by molar-refractivity contribution is 9.10.